The Labute approximate surface area is 146 Å². The molecule has 2 aromatic heterocycles. The zero-order valence-corrected chi connectivity index (χ0v) is 14.2. The van der Waals surface area contributed by atoms with Crippen LogP contribution in [0.1, 0.15) is 23.0 Å². The molecular weight excluding hydrogens is 345 g/mol. The van der Waals surface area contributed by atoms with Crippen molar-refractivity contribution in [3.05, 3.63) is 53.0 Å². The first-order valence-electron chi connectivity index (χ1n) is 7.32. The van der Waals surface area contributed by atoms with Crippen molar-refractivity contribution in [1.82, 2.24) is 4.98 Å². The minimum absolute atomic E-state index is 0.211. The predicted octanol–water partition coefficient (Wildman–Crippen LogP) is 4.06. The van der Waals surface area contributed by atoms with E-state index in [-0.39, 0.29) is 17.2 Å². The quantitative estimate of drug-likeness (QED) is 0.736. The molecule has 0 aliphatic rings. The van der Waals surface area contributed by atoms with Gasteiger partial charge in [-0.1, -0.05) is 0 Å². The van der Waals surface area contributed by atoms with E-state index in [1.165, 1.54) is 36.7 Å². The van der Waals surface area contributed by atoms with Crippen LogP contribution in [0.4, 0.5) is 15.2 Å². The summed E-state index contributed by atoms with van der Waals surface area (Å²) in [5.74, 6) is -0.997. The average Bonchev–Trinajstić information content (AvgIpc) is 3.16. The molecule has 8 heteroatoms. The predicted molar refractivity (Wildman–Crippen MR) is 93.2 cm³/mol. The number of aryl methyl sites for hydroxylation is 1. The van der Waals surface area contributed by atoms with Gasteiger partial charge < -0.3 is 9.73 Å². The highest BCUT2D eigenvalue weighted by molar-refractivity contribution is 7.14. The molecule has 2 N–H and O–H groups in total. The van der Waals surface area contributed by atoms with Gasteiger partial charge in [0.15, 0.2) is 10.9 Å². The van der Waals surface area contributed by atoms with Gasteiger partial charge in [-0.3, -0.25) is 14.9 Å². The van der Waals surface area contributed by atoms with E-state index < -0.39 is 11.7 Å². The Balaban J connectivity index is 1.78. The van der Waals surface area contributed by atoms with E-state index in [1.54, 1.807) is 24.4 Å². The van der Waals surface area contributed by atoms with Crippen LogP contribution in [0.3, 0.4) is 0 Å². The monoisotopic (exact) mass is 359 g/mol. The highest BCUT2D eigenvalue weighted by Gasteiger charge is 2.16. The molecule has 0 unspecified atom stereocenters. The number of anilines is 2. The van der Waals surface area contributed by atoms with Crippen LogP contribution in [-0.4, -0.2) is 16.8 Å². The third-order valence-corrected chi connectivity index (χ3v) is 4.12. The molecule has 0 radical (unpaired) electrons. The molecule has 0 spiro atoms. The molecule has 0 atom stereocenters. The highest BCUT2D eigenvalue weighted by Crippen LogP contribution is 2.29. The normalized spacial score (nSPS) is 10.5. The lowest BCUT2D eigenvalue weighted by molar-refractivity contribution is -0.114. The fraction of sp³-hybridized carbons (Fsp3) is 0.118. The lowest BCUT2D eigenvalue weighted by Crippen LogP contribution is -2.11. The summed E-state index contributed by atoms with van der Waals surface area (Å²) in [5.41, 5.74) is 1.75. The van der Waals surface area contributed by atoms with Crippen molar-refractivity contribution in [2.45, 2.75) is 13.8 Å². The maximum absolute atomic E-state index is 14.2. The lowest BCUT2D eigenvalue weighted by atomic mass is 10.1. The number of benzene rings is 1. The molecule has 3 rings (SSSR count). The van der Waals surface area contributed by atoms with E-state index in [0.29, 0.717) is 22.1 Å². The fourth-order valence-corrected chi connectivity index (χ4v) is 2.92. The summed E-state index contributed by atoms with van der Waals surface area (Å²) in [7, 11) is 0. The number of halogens is 1. The SMILES string of the molecule is CC(=O)Nc1ccc(-c2csc(NC(=O)c3occc3C)n2)c(F)c1. The van der Waals surface area contributed by atoms with Crippen LogP contribution < -0.4 is 10.6 Å². The minimum Gasteiger partial charge on any atom is -0.459 e. The van der Waals surface area contributed by atoms with Gasteiger partial charge in [-0.05, 0) is 31.2 Å². The molecule has 2 heterocycles. The van der Waals surface area contributed by atoms with Gasteiger partial charge in [-0.15, -0.1) is 11.3 Å². The zero-order chi connectivity index (χ0) is 18.0. The number of nitrogens with zero attached hydrogens (tertiary/aromatic N) is 1. The third-order valence-electron chi connectivity index (χ3n) is 3.36. The highest BCUT2D eigenvalue weighted by atomic mass is 32.1. The van der Waals surface area contributed by atoms with E-state index in [9.17, 15) is 14.0 Å². The molecule has 0 bridgehead atoms. The second kappa shape index (κ2) is 6.86. The molecule has 3 aromatic rings. The first kappa shape index (κ1) is 16.8. The van der Waals surface area contributed by atoms with Gasteiger partial charge in [0.05, 0.1) is 12.0 Å². The maximum atomic E-state index is 14.2. The molecule has 128 valence electrons. The van der Waals surface area contributed by atoms with Crippen molar-refractivity contribution in [1.29, 1.82) is 0 Å². The number of hydrogen-bond donors (Lipinski definition) is 2. The van der Waals surface area contributed by atoms with Gasteiger partial charge in [-0.2, -0.15) is 0 Å². The fourth-order valence-electron chi connectivity index (χ4n) is 2.22. The van der Waals surface area contributed by atoms with Crippen LogP contribution in [0.15, 0.2) is 40.3 Å². The summed E-state index contributed by atoms with van der Waals surface area (Å²) >= 11 is 1.18. The van der Waals surface area contributed by atoms with Crippen LogP contribution >= 0.6 is 11.3 Å². The number of nitrogens with one attached hydrogen (secondary N) is 2. The summed E-state index contributed by atoms with van der Waals surface area (Å²) in [6.07, 6.45) is 1.43. The van der Waals surface area contributed by atoms with Gasteiger partial charge >= 0.3 is 0 Å². The third kappa shape index (κ3) is 3.74. The van der Waals surface area contributed by atoms with E-state index >= 15 is 0 Å². The summed E-state index contributed by atoms with van der Waals surface area (Å²) in [5, 5.41) is 7.11. The molecule has 1 aromatic carbocycles. The Morgan fingerprint density at radius 3 is 2.68 bits per heavy atom. The Morgan fingerprint density at radius 2 is 2.04 bits per heavy atom. The number of furan rings is 1. The van der Waals surface area contributed by atoms with Crippen molar-refractivity contribution >= 4 is 34.0 Å². The van der Waals surface area contributed by atoms with Crippen LogP contribution in [-0.2, 0) is 4.79 Å². The summed E-state index contributed by atoms with van der Waals surface area (Å²) in [4.78, 5) is 27.3. The second-order valence-electron chi connectivity index (χ2n) is 5.30. The summed E-state index contributed by atoms with van der Waals surface area (Å²) in [6, 6.07) is 6.02. The Bertz CT molecular complexity index is 948. The first-order chi connectivity index (χ1) is 11.9. The Morgan fingerprint density at radius 1 is 1.24 bits per heavy atom. The molecular formula is C17H14FN3O3S. The van der Waals surface area contributed by atoms with Crippen LogP contribution in [0.2, 0.25) is 0 Å². The topological polar surface area (TPSA) is 84.2 Å². The van der Waals surface area contributed by atoms with Gasteiger partial charge in [-0.25, -0.2) is 9.37 Å². The van der Waals surface area contributed by atoms with E-state index in [4.69, 9.17) is 4.42 Å². The van der Waals surface area contributed by atoms with Gasteiger partial charge in [0.25, 0.3) is 5.91 Å². The van der Waals surface area contributed by atoms with Crippen molar-refractivity contribution in [2.24, 2.45) is 0 Å². The van der Waals surface area contributed by atoms with Crippen molar-refractivity contribution in [3.8, 4) is 11.3 Å². The average molecular weight is 359 g/mol. The zero-order valence-electron chi connectivity index (χ0n) is 13.4. The van der Waals surface area contributed by atoms with Crippen molar-refractivity contribution in [2.75, 3.05) is 10.6 Å². The number of carbonyl (C=O) groups excluding carboxylic acids is 2. The smallest absolute Gasteiger partial charge is 0.293 e. The maximum Gasteiger partial charge on any atom is 0.293 e. The first-order valence-corrected chi connectivity index (χ1v) is 8.20. The van der Waals surface area contributed by atoms with Crippen LogP contribution in [0, 0.1) is 12.7 Å². The van der Waals surface area contributed by atoms with Gasteiger partial charge in [0, 0.05) is 29.1 Å². The minimum atomic E-state index is -0.517. The largest absolute Gasteiger partial charge is 0.459 e. The number of amides is 2. The molecule has 0 saturated carbocycles. The molecule has 0 aliphatic carbocycles. The molecule has 2 amide bonds. The number of aromatic nitrogens is 1. The van der Waals surface area contributed by atoms with E-state index in [2.05, 4.69) is 15.6 Å². The van der Waals surface area contributed by atoms with Crippen LogP contribution in [0.5, 0.6) is 0 Å². The number of rotatable bonds is 4. The number of carbonyl (C=O) groups is 2. The number of hydrogen-bond acceptors (Lipinski definition) is 5. The van der Waals surface area contributed by atoms with E-state index in [1.807, 2.05) is 0 Å². The Kier molecular flexibility index (Phi) is 4.62. The Hall–Kier alpha value is -3.00. The van der Waals surface area contributed by atoms with Gasteiger partial charge in [0.2, 0.25) is 5.91 Å². The van der Waals surface area contributed by atoms with Gasteiger partial charge in [0.1, 0.15) is 5.82 Å². The lowest BCUT2D eigenvalue weighted by Gasteiger charge is -2.05. The standard InChI is InChI=1S/C17H14FN3O3S/c1-9-5-6-24-15(9)16(23)21-17-20-14(8-25-17)12-4-3-11(7-13(12)18)19-10(2)22/h3-8H,1-2H3,(H,19,22)(H,20,21,23). The summed E-state index contributed by atoms with van der Waals surface area (Å²) < 4.78 is 19.4. The second-order valence-corrected chi connectivity index (χ2v) is 6.16. The molecule has 6 nitrogen and oxygen atoms in total. The molecule has 0 saturated heterocycles. The van der Waals surface area contributed by atoms with Crippen molar-refractivity contribution < 1.29 is 18.4 Å². The molecule has 0 fully saturated rings. The van der Waals surface area contributed by atoms with Crippen LogP contribution in [0.25, 0.3) is 11.3 Å². The molecule has 25 heavy (non-hydrogen) atoms. The summed E-state index contributed by atoms with van der Waals surface area (Å²) in [6.45, 7) is 3.11. The number of thiazole rings is 1. The van der Waals surface area contributed by atoms with Crippen molar-refractivity contribution in [3.63, 3.8) is 0 Å². The molecule has 0 aliphatic heterocycles. The van der Waals surface area contributed by atoms with E-state index in [0.717, 1.165) is 0 Å².